The number of ether oxygens (including phenoxy) is 3. The van der Waals surface area contributed by atoms with Crippen molar-refractivity contribution in [2.24, 2.45) is 23.7 Å². The minimum Gasteiger partial charge on any atom is -0.469 e. The molecule has 3 aromatic heterocycles. The molecule has 7 unspecified atom stereocenters. The monoisotopic (exact) mass is 1410 g/mol. The molecule has 4 fully saturated rings. The van der Waals surface area contributed by atoms with Crippen LogP contribution in [0, 0.1) is 34.5 Å². The third-order valence-corrected chi connectivity index (χ3v) is 20.7. The average molecular weight is 1410 g/mol. The third-order valence-electron chi connectivity index (χ3n) is 20.7. The number of rotatable bonds is 18. The Bertz CT molecular complexity index is 4160. The number of esters is 3. The second-order valence-corrected chi connectivity index (χ2v) is 27.2. The van der Waals surface area contributed by atoms with Gasteiger partial charge >= 0.3 is 17.9 Å². The van der Waals surface area contributed by atoms with E-state index in [9.17, 15) is 43.2 Å². The largest absolute Gasteiger partial charge is 0.469 e. The van der Waals surface area contributed by atoms with Crippen LogP contribution < -0.4 is 22.0 Å². The maximum atomic E-state index is 13.5. The fourth-order valence-electron chi connectivity index (χ4n) is 15.3. The van der Waals surface area contributed by atoms with E-state index < -0.39 is 5.92 Å². The van der Waals surface area contributed by atoms with Crippen molar-refractivity contribution in [1.82, 2.24) is 44.8 Å². The molecule has 546 valence electrons. The Kier molecular flexibility index (Phi) is 27.3. The molecule has 23 nitrogen and oxygen atoms in total. The van der Waals surface area contributed by atoms with Crippen molar-refractivity contribution in [1.29, 1.82) is 10.8 Å². The molecule has 103 heavy (non-hydrogen) atoms. The number of amidine groups is 2. The number of piperidine rings is 1. The summed E-state index contributed by atoms with van der Waals surface area (Å²) < 4.78 is 15.5. The first-order chi connectivity index (χ1) is 49.3. The molecule has 9 heterocycles. The number of nitrogens with one attached hydrogen (secondary N) is 6. The smallest absolute Gasteiger partial charge is 0.311 e. The lowest BCUT2D eigenvalue weighted by molar-refractivity contribution is -0.148. The summed E-state index contributed by atoms with van der Waals surface area (Å²) in [6, 6.07) is 31.1. The maximum absolute atomic E-state index is 13.5. The zero-order valence-electron chi connectivity index (χ0n) is 59.0. The number of aromatic nitrogens is 3. The summed E-state index contributed by atoms with van der Waals surface area (Å²) in [5, 5.41) is 19.3. The van der Waals surface area contributed by atoms with Crippen LogP contribution in [0.5, 0.6) is 0 Å². The van der Waals surface area contributed by atoms with Gasteiger partial charge in [0.25, 0.3) is 17.7 Å². The fourth-order valence-corrected chi connectivity index (χ4v) is 15.3. The van der Waals surface area contributed by atoms with Crippen molar-refractivity contribution >= 4 is 47.3 Å². The quantitative estimate of drug-likeness (QED) is 0.0153. The van der Waals surface area contributed by atoms with Crippen LogP contribution in [0.25, 0.3) is 33.4 Å². The molecular formula is C80H99N11O12. The number of nitrogens with zero attached hydrogens (tertiary/aromatic N) is 5. The molecule has 6 aromatic rings. The number of methoxy groups -OCH3 is 3. The van der Waals surface area contributed by atoms with E-state index >= 15 is 0 Å². The SMILES string of the molecule is C.COC(=O)C(CC1=CCCN(C(C)=N)C1)C1CCCN1C(=O)c1ccc(-c2ccc(=O)[nH]c2)cc1.COC(=O)C(CC1=CCCNC1)C1CCCN1C(=O)c1ccc(-c2ccc(=O)[nH]c2)cc1.COC(=O)C(CC1CCCN(C(C)=N)C1)C1CCCN1C(=O)c1ccc(-c2ccc(=O)[nH]c2)cc1. The molecule has 6 aliphatic rings. The topological polar surface area (TPSA) is 305 Å². The van der Waals surface area contributed by atoms with E-state index in [0.717, 1.165) is 136 Å². The van der Waals surface area contributed by atoms with E-state index in [0.29, 0.717) is 79.7 Å². The number of pyridine rings is 3. The Labute approximate surface area is 602 Å². The standard InChI is InChI=1S/C27H34N4O4.C27H32N4O4.C25H29N3O4.CH4/c2*1-18(28)30-13-3-5-19(17-30)15-23(27(34)35-2)24-6-4-14-31(24)26(33)21-9-7-20(8-10-21)22-11-12-25(32)29-16-22;1-32-25(31)21(14-17-4-2-12-26-15-17)22-5-3-13-28(22)24(30)19-8-6-18(7-9-19)20-10-11-23(29)27-16-20;/h7-12,16,19,23-24,28H,3-6,13-15,17H2,1-2H3,(H,29,32);5,7-12,16,23-24,28H,3-4,6,13-15,17H2,1-2H3,(H,29,32);4,6-11,16,21-22,26H,2-3,5,12-15H2,1H3,(H,27,29);1H4. The molecule has 0 aliphatic carbocycles. The second kappa shape index (κ2) is 36.5. The van der Waals surface area contributed by atoms with Crippen LogP contribution in [0.15, 0.2) is 165 Å². The number of carbonyl (C=O) groups is 6. The Morgan fingerprint density at radius 2 is 0.825 bits per heavy atom. The Balaban J connectivity index is 0.000000179. The predicted molar refractivity (Wildman–Crippen MR) is 398 cm³/mol. The fraction of sp³-hybridized carbons (Fsp3) is 0.438. The number of hydrogen-bond donors (Lipinski definition) is 6. The highest BCUT2D eigenvalue weighted by molar-refractivity contribution is 5.97. The lowest BCUT2D eigenvalue weighted by Gasteiger charge is -2.37. The normalized spacial score (nSPS) is 19.5. The maximum Gasteiger partial charge on any atom is 0.311 e. The van der Waals surface area contributed by atoms with Gasteiger partial charge in [0.05, 0.1) is 50.8 Å². The van der Waals surface area contributed by atoms with E-state index in [1.54, 1.807) is 87.0 Å². The summed E-state index contributed by atoms with van der Waals surface area (Å²) >= 11 is 0. The summed E-state index contributed by atoms with van der Waals surface area (Å²) in [5.74, 6) is -0.842. The molecule has 0 saturated carbocycles. The molecule has 0 radical (unpaired) electrons. The number of aromatic amines is 3. The molecule has 23 heteroatoms. The second-order valence-electron chi connectivity index (χ2n) is 27.2. The minimum absolute atomic E-state index is 0. The van der Waals surface area contributed by atoms with Gasteiger partial charge in [0, 0.05) is 124 Å². The summed E-state index contributed by atoms with van der Waals surface area (Å²) in [6.07, 6.45) is 19.8. The molecule has 6 aliphatic heterocycles. The van der Waals surface area contributed by atoms with Gasteiger partial charge in [-0.3, -0.25) is 54.0 Å². The van der Waals surface area contributed by atoms with Crippen LogP contribution in [-0.2, 0) is 28.6 Å². The van der Waals surface area contributed by atoms with Crippen LogP contribution >= 0.6 is 0 Å². The highest BCUT2D eigenvalue weighted by atomic mass is 16.5. The predicted octanol–water partition coefficient (Wildman–Crippen LogP) is 10.4. The molecule has 6 N–H and O–H groups in total. The minimum atomic E-state index is -0.441. The van der Waals surface area contributed by atoms with E-state index in [4.69, 9.17) is 25.0 Å². The number of hydrogen-bond acceptors (Lipinski definition) is 15. The van der Waals surface area contributed by atoms with Crippen LogP contribution in [-0.4, -0.2) is 185 Å². The molecular weight excluding hydrogens is 1310 g/mol. The van der Waals surface area contributed by atoms with Gasteiger partial charge in [-0.1, -0.05) is 67.1 Å². The van der Waals surface area contributed by atoms with Crippen molar-refractivity contribution in [3.63, 3.8) is 0 Å². The molecule has 4 saturated heterocycles. The number of benzene rings is 3. The molecule has 3 aromatic carbocycles. The molecule has 3 amide bonds. The van der Waals surface area contributed by atoms with Crippen LogP contribution in [0.3, 0.4) is 0 Å². The zero-order chi connectivity index (χ0) is 72.4. The molecule has 7 atom stereocenters. The first-order valence-corrected chi connectivity index (χ1v) is 35.5. The van der Waals surface area contributed by atoms with Crippen molar-refractivity contribution in [3.8, 4) is 33.4 Å². The van der Waals surface area contributed by atoms with Crippen LogP contribution in [0.1, 0.15) is 136 Å². The number of H-pyrrole nitrogens is 3. The molecule has 12 rings (SSSR count). The molecule has 0 spiro atoms. The van der Waals surface area contributed by atoms with E-state index in [-0.39, 0.29) is 89.7 Å². The Morgan fingerprint density at radius 3 is 1.19 bits per heavy atom. The average Bonchev–Trinajstić information content (AvgIpc) is 1.74. The number of carbonyl (C=O) groups excluding carboxylic acids is 6. The van der Waals surface area contributed by atoms with Gasteiger partial charge in [-0.2, -0.15) is 0 Å². The van der Waals surface area contributed by atoms with Crippen molar-refractivity contribution in [2.75, 3.05) is 80.2 Å². The number of amides is 3. The van der Waals surface area contributed by atoms with Gasteiger partial charge < -0.3 is 59.0 Å². The van der Waals surface area contributed by atoms with Gasteiger partial charge in [0.1, 0.15) is 0 Å². The first-order valence-electron chi connectivity index (χ1n) is 35.5. The Hall–Kier alpha value is -10.3. The summed E-state index contributed by atoms with van der Waals surface area (Å²) in [5.41, 5.74) is 8.92. The van der Waals surface area contributed by atoms with Gasteiger partial charge in [-0.25, -0.2) is 0 Å². The first kappa shape index (κ1) is 76.9. The van der Waals surface area contributed by atoms with Crippen molar-refractivity contribution < 1.29 is 43.0 Å². The van der Waals surface area contributed by atoms with Crippen LogP contribution in [0.2, 0.25) is 0 Å². The summed E-state index contributed by atoms with van der Waals surface area (Å²) in [6.45, 7) is 10.3. The van der Waals surface area contributed by atoms with Gasteiger partial charge in [-0.05, 0) is 198 Å². The lowest BCUT2D eigenvalue weighted by Crippen LogP contribution is -2.45. The molecule has 0 bridgehead atoms. The zero-order valence-corrected chi connectivity index (χ0v) is 59.0. The summed E-state index contributed by atoms with van der Waals surface area (Å²) in [4.78, 5) is 130. The van der Waals surface area contributed by atoms with E-state index in [1.807, 2.05) is 56.0 Å². The Morgan fingerprint density at radius 1 is 0.456 bits per heavy atom. The van der Waals surface area contributed by atoms with E-state index in [1.165, 1.54) is 45.1 Å². The summed E-state index contributed by atoms with van der Waals surface area (Å²) in [7, 11) is 4.23. The lowest BCUT2D eigenvalue weighted by atomic mass is 9.83. The third kappa shape index (κ3) is 19.7. The highest BCUT2D eigenvalue weighted by Gasteiger charge is 2.43. The van der Waals surface area contributed by atoms with Crippen LogP contribution in [0.4, 0.5) is 0 Å². The number of likely N-dealkylation sites (tertiary alicyclic amines) is 4. The van der Waals surface area contributed by atoms with Gasteiger partial charge in [0.15, 0.2) is 0 Å². The van der Waals surface area contributed by atoms with Gasteiger partial charge in [-0.15, -0.1) is 0 Å². The highest BCUT2D eigenvalue weighted by Crippen LogP contribution is 2.37. The van der Waals surface area contributed by atoms with Crippen molar-refractivity contribution in [2.45, 2.75) is 123 Å². The van der Waals surface area contributed by atoms with E-state index in [2.05, 4.69) is 37.3 Å². The van der Waals surface area contributed by atoms with Crippen molar-refractivity contribution in [3.05, 3.63) is 199 Å². The van der Waals surface area contributed by atoms with Gasteiger partial charge in [0.2, 0.25) is 16.7 Å².